The molecule has 0 bridgehead atoms. The predicted molar refractivity (Wildman–Crippen MR) is 148 cm³/mol. The van der Waals surface area contributed by atoms with Gasteiger partial charge in [0.05, 0.1) is 28.7 Å². The second-order valence-electron chi connectivity index (χ2n) is 8.90. The minimum atomic E-state index is -0.720. The van der Waals surface area contributed by atoms with Crippen molar-refractivity contribution < 1.29 is 28.7 Å². The zero-order valence-corrected chi connectivity index (χ0v) is 22.9. The lowest BCUT2D eigenvalue weighted by atomic mass is 10.1. The van der Waals surface area contributed by atoms with Gasteiger partial charge in [-0.2, -0.15) is 5.26 Å². The number of aromatic nitrogens is 1. The average molecular weight is 558 g/mol. The minimum absolute atomic E-state index is 0.0362. The molecule has 0 N–H and O–H groups in total. The van der Waals surface area contributed by atoms with Crippen molar-refractivity contribution in [3.05, 3.63) is 83.0 Å². The predicted octanol–water partition coefficient (Wildman–Crippen LogP) is 4.77. The average Bonchev–Trinajstić information content (AvgIpc) is 3.24. The third-order valence-electron chi connectivity index (χ3n) is 6.09. The quantitative estimate of drug-likeness (QED) is 0.186. The molecule has 0 aliphatic carbocycles. The number of carbonyl (C=O) groups excluding carboxylic acids is 4. The summed E-state index contributed by atoms with van der Waals surface area (Å²) in [6.07, 6.45) is 1.60. The van der Waals surface area contributed by atoms with E-state index in [0.29, 0.717) is 34.2 Å². The van der Waals surface area contributed by atoms with E-state index in [1.165, 1.54) is 24.3 Å². The fraction of sp³-hybridized carbons (Fsp3) is 0.267. The number of pyridine rings is 1. The van der Waals surface area contributed by atoms with Crippen molar-refractivity contribution in [1.82, 2.24) is 4.98 Å². The Kier molecular flexibility index (Phi) is 9.30. The van der Waals surface area contributed by atoms with Gasteiger partial charge in [0.1, 0.15) is 16.8 Å². The molecule has 2 aromatic carbocycles. The molecule has 1 aromatic heterocycles. The lowest BCUT2D eigenvalue weighted by molar-refractivity contribution is -0.121. The molecule has 0 radical (unpaired) electrons. The molecular weight excluding hydrogens is 530 g/mol. The Bertz CT molecular complexity index is 1460. The highest BCUT2D eigenvalue weighted by Gasteiger charge is 2.40. The van der Waals surface area contributed by atoms with Gasteiger partial charge in [-0.3, -0.25) is 14.4 Å². The molecule has 0 spiro atoms. The Labute approximate surface area is 236 Å². The Hall–Kier alpha value is -4.49. The van der Waals surface area contributed by atoms with Gasteiger partial charge < -0.3 is 9.47 Å². The van der Waals surface area contributed by atoms with Crippen molar-refractivity contribution in [2.75, 3.05) is 18.1 Å². The summed E-state index contributed by atoms with van der Waals surface area (Å²) in [6.45, 7) is 3.96. The van der Waals surface area contributed by atoms with Crippen LogP contribution in [0.4, 0.5) is 5.69 Å². The number of Topliss-reactive ketones (excluding diaryl/α,β-unsaturated/α-hetero) is 1. The molecule has 1 aliphatic rings. The highest BCUT2D eigenvalue weighted by molar-refractivity contribution is 8.00. The largest absolute Gasteiger partial charge is 0.494 e. The zero-order valence-electron chi connectivity index (χ0n) is 22.1. The van der Waals surface area contributed by atoms with Crippen LogP contribution in [0, 0.1) is 11.3 Å². The molecule has 1 unspecified atom stereocenters. The van der Waals surface area contributed by atoms with Gasteiger partial charge >= 0.3 is 5.97 Å². The van der Waals surface area contributed by atoms with Gasteiger partial charge in [-0.15, -0.1) is 0 Å². The number of hydrogen-bond donors (Lipinski definition) is 0. The molecule has 10 heteroatoms. The first kappa shape index (κ1) is 28.5. The fourth-order valence-electron chi connectivity index (χ4n) is 4.10. The number of amides is 2. The van der Waals surface area contributed by atoms with Crippen molar-refractivity contribution in [2.24, 2.45) is 0 Å². The summed E-state index contributed by atoms with van der Waals surface area (Å²) in [5.74, 6) is -1.24. The van der Waals surface area contributed by atoms with Gasteiger partial charge in [0, 0.05) is 17.7 Å². The molecule has 4 rings (SSSR count). The van der Waals surface area contributed by atoms with Crippen molar-refractivity contribution in [3.63, 3.8) is 0 Å². The van der Waals surface area contributed by atoms with E-state index >= 15 is 0 Å². The SMILES string of the molecule is CCCc1ccc(C#N)c(SC2CC(=O)N(c3ccc(C(=O)OCC(=O)c4ccc(OCC)cc4)cc3)C2=O)n1. The van der Waals surface area contributed by atoms with E-state index in [4.69, 9.17) is 9.47 Å². The normalized spacial score (nSPS) is 14.6. The van der Waals surface area contributed by atoms with E-state index in [9.17, 15) is 24.4 Å². The molecule has 2 amide bonds. The van der Waals surface area contributed by atoms with E-state index in [2.05, 4.69) is 11.1 Å². The highest BCUT2D eigenvalue weighted by Crippen LogP contribution is 2.35. The number of ether oxygens (including phenoxy) is 2. The van der Waals surface area contributed by atoms with Crippen LogP contribution in [0.25, 0.3) is 0 Å². The first-order valence-corrected chi connectivity index (χ1v) is 13.7. The highest BCUT2D eigenvalue weighted by atomic mass is 32.2. The number of rotatable bonds is 11. The molecule has 204 valence electrons. The molecule has 2 heterocycles. The van der Waals surface area contributed by atoms with Crippen LogP contribution in [0.2, 0.25) is 0 Å². The standard InChI is InChI=1S/C30H27N3O6S/c1-3-5-22-11-6-21(17-31)28(32-22)40-26-16-27(35)33(29(26)36)23-12-7-20(8-13-23)30(37)39-18-25(34)19-9-14-24(15-10-19)38-4-2/h6-15,26H,3-5,16,18H2,1-2H3. The van der Waals surface area contributed by atoms with Gasteiger partial charge in [-0.1, -0.05) is 25.1 Å². The third-order valence-corrected chi connectivity index (χ3v) is 7.27. The van der Waals surface area contributed by atoms with Crippen LogP contribution in [0.5, 0.6) is 5.75 Å². The Morgan fingerprint density at radius 2 is 1.73 bits per heavy atom. The molecule has 1 saturated heterocycles. The molecule has 9 nitrogen and oxygen atoms in total. The van der Waals surface area contributed by atoms with E-state index in [0.717, 1.165) is 35.2 Å². The number of benzene rings is 2. The first-order chi connectivity index (χ1) is 19.3. The Morgan fingerprint density at radius 1 is 1.02 bits per heavy atom. The van der Waals surface area contributed by atoms with Crippen LogP contribution < -0.4 is 9.64 Å². The summed E-state index contributed by atoms with van der Waals surface area (Å²) in [7, 11) is 0. The number of thioether (sulfide) groups is 1. The lowest BCUT2D eigenvalue weighted by Gasteiger charge is -2.15. The monoisotopic (exact) mass is 557 g/mol. The van der Waals surface area contributed by atoms with E-state index in [1.807, 2.05) is 13.8 Å². The maximum Gasteiger partial charge on any atom is 0.338 e. The number of nitrogens with zero attached hydrogens (tertiary/aromatic N) is 3. The molecule has 0 saturated carbocycles. The summed E-state index contributed by atoms with van der Waals surface area (Å²) in [5.41, 5.74) is 2.05. The third kappa shape index (κ3) is 6.55. The van der Waals surface area contributed by atoms with E-state index < -0.39 is 23.7 Å². The zero-order chi connectivity index (χ0) is 28.6. The van der Waals surface area contributed by atoms with Gasteiger partial charge in [-0.05, 0) is 74.0 Å². The number of esters is 1. The molecule has 40 heavy (non-hydrogen) atoms. The van der Waals surface area contributed by atoms with Crippen molar-refractivity contribution >= 4 is 41.0 Å². The number of carbonyl (C=O) groups is 4. The molecule has 1 atom stereocenters. The first-order valence-electron chi connectivity index (χ1n) is 12.8. The van der Waals surface area contributed by atoms with Crippen molar-refractivity contribution in [1.29, 1.82) is 5.26 Å². The Balaban J connectivity index is 1.38. The van der Waals surface area contributed by atoms with Crippen LogP contribution >= 0.6 is 11.8 Å². The van der Waals surface area contributed by atoms with Crippen molar-refractivity contribution in [2.45, 2.75) is 43.4 Å². The maximum atomic E-state index is 13.2. The van der Waals surface area contributed by atoms with Crippen LogP contribution in [0.3, 0.4) is 0 Å². The molecule has 1 fully saturated rings. The van der Waals surface area contributed by atoms with Crippen LogP contribution in [0.1, 0.15) is 58.7 Å². The number of ketones is 1. The molecule has 3 aromatic rings. The number of imide groups is 1. The minimum Gasteiger partial charge on any atom is -0.494 e. The second-order valence-corrected chi connectivity index (χ2v) is 10.1. The topological polar surface area (TPSA) is 127 Å². The molecular formula is C30H27N3O6S. The lowest BCUT2D eigenvalue weighted by Crippen LogP contribution is -2.31. The van der Waals surface area contributed by atoms with Gasteiger partial charge in [-0.25, -0.2) is 14.7 Å². The van der Waals surface area contributed by atoms with Gasteiger partial charge in [0.15, 0.2) is 12.4 Å². The summed E-state index contributed by atoms with van der Waals surface area (Å²) in [5, 5.41) is 9.17. The number of hydrogen-bond acceptors (Lipinski definition) is 9. The van der Waals surface area contributed by atoms with Gasteiger partial charge in [0.2, 0.25) is 11.8 Å². The smallest absolute Gasteiger partial charge is 0.338 e. The fourth-order valence-corrected chi connectivity index (χ4v) is 5.21. The number of nitriles is 1. The van der Waals surface area contributed by atoms with Crippen LogP contribution in [-0.4, -0.2) is 47.0 Å². The van der Waals surface area contributed by atoms with Crippen LogP contribution in [-0.2, 0) is 20.7 Å². The summed E-state index contributed by atoms with van der Waals surface area (Å²) in [4.78, 5) is 56.4. The number of aryl methyl sites for hydroxylation is 1. The van der Waals surface area contributed by atoms with E-state index in [-0.39, 0.29) is 23.7 Å². The summed E-state index contributed by atoms with van der Waals surface area (Å²) < 4.78 is 10.5. The summed E-state index contributed by atoms with van der Waals surface area (Å²) >= 11 is 1.11. The number of anilines is 1. The molecule has 1 aliphatic heterocycles. The van der Waals surface area contributed by atoms with Gasteiger partial charge in [0.25, 0.3) is 0 Å². The Morgan fingerprint density at radius 3 is 2.38 bits per heavy atom. The van der Waals surface area contributed by atoms with Crippen LogP contribution in [0.15, 0.2) is 65.7 Å². The van der Waals surface area contributed by atoms with E-state index in [1.54, 1.807) is 36.4 Å². The summed E-state index contributed by atoms with van der Waals surface area (Å²) in [6, 6.07) is 17.9. The second kappa shape index (κ2) is 13.0. The van der Waals surface area contributed by atoms with Crippen molar-refractivity contribution in [3.8, 4) is 11.8 Å². The maximum absolute atomic E-state index is 13.2.